The third-order valence-electron chi connectivity index (χ3n) is 3.47. The van der Waals surface area contributed by atoms with E-state index < -0.39 is 0 Å². The molecule has 0 bridgehead atoms. The maximum atomic E-state index is 5.73. The maximum absolute atomic E-state index is 5.73. The molecule has 0 saturated carbocycles. The molecule has 1 unspecified atom stereocenters. The normalized spacial score (nSPS) is 12.6. The summed E-state index contributed by atoms with van der Waals surface area (Å²) in [6, 6.07) is 5.96. The molecule has 4 heteroatoms. The number of hydrogen-bond donors (Lipinski definition) is 2. The molecule has 1 aromatic rings. The highest BCUT2D eigenvalue weighted by Crippen LogP contribution is 2.38. The Morgan fingerprint density at radius 3 is 2.28 bits per heavy atom. The van der Waals surface area contributed by atoms with E-state index in [1.807, 2.05) is 18.2 Å². The molecule has 0 heterocycles. The zero-order valence-electron chi connectivity index (χ0n) is 11.7. The standard InChI is InChI=1S/C14H24N2O2/c1-5-10(6-2)13(16-15)11-8-7-9-12(17-3)14(11)18-4/h7-10,13,16H,5-6,15H2,1-4H3. The van der Waals surface area contributed by atoms with Gasteiger partial charge < -0.3 is 9.47 Å². The summed E-state index contributed by atoms with van der Waals surface area (Å²) in [6.07, 6.45) is 2.12. The van der Waals surface area contributed by atoms with Crippen LogP contribution in [-0.2, 0) is 0 Å². The van der Waals surface area contributed by atoms with Gasteiger partial charge in [0.2, 0.25) is 0 Å². The van der Waals surface area contributed by atoms with Gasteiger partial charge in [-0.25, -0.2) is 0 Å². The molecule has 3 N–H and O–H groups in total. The highest BCUT2D eigenvalue weighted by molar-refractivity contribution is 5.48. The van der Waals surface area contributed by atoms with Gasteiger partial charge in [-0.3, -0.25) is 11.3 Å². The Morgan fingerprint density at radius 1 is 1.17 bits per heavy atom. The van der Waals surface area contributed by atoms with Crippen molar-refractivity contribution in [2.45, 2.75) is 32.7 Å². The second-order valence-corrected chi connectivity index (χ2v) is 4.30. The molecule has 0 radical (unpaired) electrons. The van der Waals surface area contributed by atoms with Gasteiger partial charge in [0.15, 0.2) is 11.5 Å². The summed E-state index contributed by atoms with van der Waals surface area (Å²) >= 11 is 0. The molecule has 1 aromatic carbocycles. The second-order valence-electron chi connectivity index (χ2n) is 4.30. The van der Waals surface area contributed by atoms with Gasteiger partial charge in [-0.1, -0.05) is 38.8 Å². The molecule has 1 rings (SSSR count). The van der Waals surface area contributed by atoms with E-state index in [0.29, 0.717) is 5.92 Å². The molecule has 0 spiro atoms. The molecule has 0 aliphatic rings. The fourth-order valence-corrected chi connectivity index (χ4v) is 2.40. The lowest BCUT2D eigenvalue weighted by molar-refractivity contribution is 0.315. The van der Waals surface area contributed by atoms with E-state index in [9.17, 15) is 0 Å². The summed E-state index contributed by atoms with van der Waals surface area (Å²) in [5, 5.41) is 0. The molecular formula is C14H24N2O2. The third kappa shape index (κ3) is 2.94. The smallest absolute Gasteiger partial charge is 0.165 e. The lowest BCUT2D eigenvalue weighted by Gasteiger charge is -2.27. The van der Waals surface area contributed by atoms with Crippen molar-refractivity contribution in [3.63, 3.8) is 0 Å². The van der Waals surface area contributed by atoms with Gasteiger partial charge in [-0.15, -0.1) is 0 Å². The quantitative estimate of drug-likeness (QED) is 0.578. The molecule has 0 saturated heterocycles. The van der Waals surface area contributed by atoms with Crippen LogP contribution in [0.1, 0.15) is 38.3 Å². The largest absolute Gasteiger partial charge is 0.493 e. The van der Waals surface area contributed by atoms with Gasteiger partial charge >= 0.3 is 0 Å². The van der Waals surface area contributed by atoms with Gasteiger partial charge in [0.1, 0.15) is 0 Å². The van der Waals surface area contributed by atoms with E-state index in [0.717, 1.165) is 29.9 Å². The zero-order valence-corrected chi connectivity index (χ0v) is 11.7. The van der Waals surface area contributed by atoms with Crippen molar-refractivity contribution in [2.24, 2.45) is 11.8 Å². The van der Waals surface area contributed by atoms with E-state index in [1.165, 1.54) is 0 Å². The van der Waals surface area contributed by atoms with Crippen LogP contribution in [0.4, 0.5) is 0 Å². The summed E-state index contributed by atoms with van der Waals surface area (Å²) < 4.78 is 10.8. The average molecular weight is 252 g/mol. The average Bonchev–Trinajstić information content (AvgIpc) is 2.43. The summed E-state index contributed by atoms with van der Waals surface area (Å²) in [6.45, 7) is 4.34. The predicted molar refractivity (Wildman–Crippen MR) is 73.7 cm³/mol. The summed E-state index contributed by atoms with van der Waals surface area (Å²) in [7, 11) is 3.30. The van der Waals surface area contributed by atoms with Crippen molar-refractivity contribution in [2.75, 3.05) is 14.2 Å². The van der Waals surface area contributed by atoms with Gasteiger partial charge in [0, 0.05) is 5.56 Å². The first-order valence-corrected chi connectivity index (χ1v) is 6.40. The monoisotopic (exact) mass is 252 g/mol. The second kappa shape index (κ2) is 7.24. The van der Waals surface area contributed by atoms with Crippen LogP contribution in [0.2, 0.25) is 0 Å². The molecule has 0 aromatic heterocycles. The van der Waals surface area contributed by atoms with E-state index in [2.05, 4.69) is 19.3 Å². The van der Waals surface area contributed by atoms with Gasteiger partial charge in [-0.05, 0) is 12.0 Å². The predicted octanol–water partition coefficient (Wildman–Crippen LogP) is 2.64. The first-order valence-electron chi connectivity index (χ1n) is 6.40. The molecule has 0 aliphatic heterocycles. The SMILES string of the molecule is CCC(CC)C(NN)c1cccc(OC)c1OC. The molecule has 0 aliphatic carbocycles. The van der Waals surface area contributed by atoms with Crippen LogP contribution >= 0.6 is 0 Å². The molecule has 1 atom stereocenters. The fourth-order valence-electron chi connectivity index (χ4n) is 2.40. The van der Waals surface area contributed by atoms with Crippen molar-refractivity contribution < 1.29 is 9.47 Å². The Bertz CT molecular complexity index is 365. The Labute approximate surface area is 109 Å². The first kappa shape index (κ1) is 14.8. The Balaban J connectivity index is 3.19. The molecule has 4 nitrogen and oxygen atoms in total. The van der Waals surface area contributed by atoms with Crippen molar-refractivity contribution in [3.8, 4) is 11.5 Å². The molecule has 0 fully saturated rings. The lowest BCUT2D eigenvalue weighted by Crippen LogP contribution is -2.33. The van der Waals surface area contributed by atoms with Gasteiger partial charge in [0.25, 0.3) is 0 Å². The topological polar surface area (TPSA) is 56.5 Å². The molecular weight excluding hydrogens is 228 g/mol. The van der Waals surface area contributed by atoms with E-state index in [1.54, 1.807) is 14.2 Å². The number of nitrogens with one attached hydrogen (secondary N) is 1. The van der Waals surface area contributed by atoms with Gasteiger partial charge in [-0.2, -0.15) is 0 Å². The summed E-state index contributed by atoms with van der Waals surface area (Å²) in [5.74, 6) is 7.69. The van der Waals surface area contributed by atoms with Crippen LogP contribution in [0.3, 0.4) is 0 Å². The Kier molecular flexibility index (Phi) is 5.95. The van der Waals surface area contributed by atoms with E-state index in [4.69, 9.17) is 15.3 Å². The number of nitrogens with two attached hydrogens (primary N) is 1. The molecule has 18 heavy (non-hydrogen) atoms. The first-order chi connectivity index (χ1) is 8.73. The summed E-state index contributed by atoms with van der Waals surface area (Å²) in [5.41, 5.74) is 3.96. The molecule has 0 amide bonds. The number of ether oxygens (including phenoxy) is 2. The number of hydrazine groups is 1. The number of para-hydroxylation sites is 1. The number of hydrogen-bond acceptors (Lipinski definition) is 4. The minimum Gasteiger partial charge on any atom is -0.493 e. The number of methoxy groups -OCH3 is 2. The van der Waals surface area contributed by atoms with Crippen LogP contribution < -0.4 is 20.7 Å². The highest BCUT2D eigenvalue weighted by atomic mass is 16.5. The van der Waals surface area contributed by atoms with E-state index in [-0.39, 0.29) is 6.04 Å². The maximum Gasteiger partial charge on any atom is 0.165 e. The van der Waals surface area contributed by atoms with Gasteiger partial charge in [0.05, 0.1) is 20.3 Å². The van der Waals surface area contributed by atoms with Crippen molar-refractivity contribution in [1.82, 2.24) is 5.43 Å². The van der Waals surface area contributed by atoms with Crippen LogP contribution in [0.5, 0.6) is 11.5 Å². The van der Waals surface area contributed by atoms with E-state index >= 15 is 0 Å². The van der Waals surface area contributed by atoms with Crippen LogP contribution in [-0.4, -0.2) is 14.2 Å². The minimum absolute atomic E-state index is 0.0741. The van der Waals surface area contributed by atoms with Crippen LogP contribution in [0.25, 0.3) is 0 Å². The Hall–Kier alpha value is -1.26. The minimum atomic E-state index is 0.0741. The van der Waals surface area contributed by atoms with Crippen LogP contribution in [0.15, 0.2) is 18.2 Å². The third-order valence-corrected chi connectivity index (χ3v) is 3.47. The van der Waals surface area contributed by atoms with Crippen molar-refractivity contribution in [3.05, 3.63) is 23.8 Å². The number of rotatable bonds is 7. The summed E-state index contributed by atoms with van der Waals surface area (Å²) in [4.78, 5) is 0. The lowest BCUT2D eigenvalue weighted by atomic mass is 9.88. The van der Waals surface area contributed by atoms with Crippen molar-refractivity contribution in [1.29, 1.82) is 0 Å². The molecule has 102 valence electrons. The zero-order chi connectivity index (χ0) is 13.5. The fraction of sp³-hybridized carbons (Fsp3) is 0.571. The van der Waals surface area contributed by atoms with Crippen molar-refractivity contribution >= 4 is 0 Å². The number of benzene rings is 1. The van der Waals surface area contributed by atoms with Crippen LogP contribution in [0, 0.1) is 5.92 Å². The highest BCUT2D eigenvalue weighted by Gasteiger charge is 2.24. The Morgan fingerprint density at radius 2 is 1.83 bits per heavy atom.